The lowest BCUT2D eigenvalue weighted by Crippen LogP contribution is -2.20. The number of nitrogens with zero attached hydrogens (tertiary/aromatic N) is 4. The normalized spacial score (nSPS) is 10.6. The van der Waals surface area contributed by atoms with Crippen LogP contribution in [0.25, 0.3) is 11.5 Å². The third-order valence-electron chi connectivity index (χ3n) is 4.27. The first kappa shape index (κ1) is 17.9. The van der Waals surface area contributed by atoms with Gasteiger partial charge in [-0.2, -0.15) is 0 Å². The maximum absolute atomic E-state index is 5.51. The van der Waals surface area contributed by atoms with Gasteiger partial charge in [0.15, 0.2) is 5.82 Å². The van der Waals surface area contributed by atoms with Gasteiger partial charge in [0, 0.05) is 31.0 Å². The Bertz CT molecular complexity index is 863. The summed E-state index contributed by atoms with van der Waals surface area (Å²) >= 11 is 0. The molecule has 0 atom stereocenters. The number of rotatable bonds is 6. The number of aryl methyl sites for hydroxylation is 1. The van der Waals surface area contributed by atoms with Gasteiger partial charge >= 0.3 is 0 Å². The molecule has 0 amide bonds. The number of hydrogen-bond donors (Lipinski definition) is 0. The summed E-state index contributed by atoms with van der Waals surface area (Å²) in [6.07, 6.45) is 1.76. The molecule has 0 bridgehead atoms. The van der Waals surface area contributed by atoms with Crippen LogP contribution in [0.5, 0.6) is 5.75 Å². The second-order valence-corrected chi connectivity index (χ2v) is 6.23. The molecule has 3 rings (SSSR count). The fourth-order valence-corrected chi connectivity index (χ4v) is 2.80. The van der Waals surface area contributed by atoms with Gasteiger partial charge in [0.25, 0.3) is 0 Å². The molecule has 0 aliphatic heterocycles. The summed E-state index contributed by atoms with van der Waals surface area (Å²) in [7, 11) is 2.05. The number of benzene rings is 1. The van der Waals surface area contributed by atoms with Crippen LogP contribution in [0.2, 0.25) is 0 Å². The highest BCUT2D eigenvalue weighted by molar-refractivity contribution is 5.57. The van der Waals surface area contributed by atoms with E-state index in [0.29, 0.717) is 12.4 Å². The first-order chi connectivity index (χ1) is 12.6. The Labute approximate surface area is 154 Å². The summed E-state index contributed by atoms with van der Waals surface area (Å²) < 4.78 is 5.51. The Morgan fingerprint density at radius 1 is 1.00 bits per heavy atom. The van der Waals surface area contributed by atoms with Crippen LogP contribution >= 0.6 is 0 Å². The van der Waals surface area contributed by atoms with Gasteiger partial charge in [-0.3, -0.25) is 4.98 Å². The van der Waals surface area contributed by atoms with E-state index >= 15 is 0 Å². The average Bonchev–Trinajstić information content (AvgIpc) is 2.66. The van der Waals surface area contributed by atoms with E-state index in [1.54, 1.807) is 6.20 Å². The molecule has 0 aliphatic carbocycles. The highest BCUT2D eigenvalue weighted by Crippen LogP contribution is 2.24. The Morgan fingerprint density at radius 2 is 1.77 bits per heavy atom. The lowest BCUT2D eigenvalue weighted by Gasteiger charge is -2.22. The van der Waals surface area contributed by atoms with Crippen LogP contribution in [-0.2, 0) is 6.54 Å². The standard InChI is InChI=1S/C21H24N4O/c1-5-26-18-11-9-17(10-12-18)14-25(4)21-15(2)16(3)23-20(24-21)19-8-6-7-13-22-19/h6-13H,5,14H2,1-4H3. The molecule has 26 heavy (non-hydrogen) atoms. The average molecular weight is 348 g/mol. The van der Waals surface area contributed by atoms with Crippen molar-refractivity contribution in [3.8, 4) is 17.3 Å². The molecule has 0 fully saturated rings. The Hall–Kier alpha value is -2.95. The van der Waals surface area contributed by atoms with E-state index in [-0.39, 0.29) is 0 Å². The fraction of sp³-hybridized carbons (Fsp3) is 0.286. The van der Waals surface area contributed by atoms with Gasteiger partial charge in [0.05, 0.1) is 6.61 Å². The largest absolute Gasteiger partial charge is 0.494 e. The molecule has 0 radical (unpaired) electrons. The van der Waals surface area contributed by atoms with Gasteiger partial charge in [-0.15, -0.1) is 0 Å². The van der Waals surface area contributed by atoms with Gasteiger partial charge in [-0.25, -0.2) is 9.97 Å². The SMILES string of the molecule is CCOc1ccc(CN(C)c2nc(-c3ccccn3)nc(C)c2C)cc1. The Balaban J connectivity index is 1.86. The predicted octanol–water partition coefficient (Wildman–Crippen LogP) is 4.19. The topological polar surface area (TPSA) is 51.1 Å². The smallest absolute Gasteiger partial charge is 0.180 e. The fourth-order valence-electron chi connectivity index (χ4n) is 2.80. The number of pyridine rings is 1. The second-order valence-electron chi connectivity index (χ2n) is 6.23. The molecule has 0 N–H and O–H groups in total. The molecule has 2 aromatic heterocycles. The van der Waals surface area contributed by atoms with Gasteiger partial charge in [-0.1, -0.05) is 18.2 Å². The van der Waals surface area contributed by atoms with Gasteiger partial charge in [0.1, 0.15) is 17.3 Å². The zero-order valence-corrected chi connectivity index (χ0v) is 15.7. The molecule has 134 valence electrons. The number of aromatic nitrogens is 3. The van der Waals surface area contributed by atoms with Crippen molar-refractivity contribution in [3.63, 3.8) is 0 Å². The van der Waals surface area contributed by atoms with Crippen LogP contribution in [0, 0.1) is 13.8 Å². The third kappa shape index (κ3) is 3.99. The predicted molar refractivity (Wildman–Crippen MR) is 104 cm³/mol. The summed E-state index contributed by atoms with van der Waals surface area (Å²) in [6.45, 7) is 7.49. The number of ether oxygens (including phenoxy) is 1. The van der Waals surface area contributed by atoms with Crippen molar-refractivity contribution in [1.82, 2.24) is 15.0 Å². The van der Waals surface area contributed by atoms with Crippen molar-refractivity contribution in [2.75, 3.05) is 18.6 Å². The van der Waals surface area contributed by atoms with Gasteiger partial charge in [-0.05, 0) is 50.6 Å². The first-order valence-corrected chi connectivity index (χ1v) is 8.78. The zero-order chi connectivity index (χ0) is 18.5. The second kappa shape index (κ2) is 7.95. The molecule has 0 aliphatic rings. The summed E-state index contributed by atoms with van der Waals surface area (Å²) in [4.78, 5) is 15.9. The molecule has 3 aromatic rings. The number of hydrogen-bond acceptors (Lipinski definition) is 5. The molecule has 1 aromatic carbocycles. The molecule has 0 saturated carbocycles. The van der Waals surface area contributed by atoms with Crippen molar-refractivity contribution < 1.29 is 4.74 Å². The maximum atomic E-state index is 5.51. The van der Waals surface area contributed by atoms with Crippen molar-refractivity contribution >= 4 is 5.82 Å². The van der Waals surface area contributed by atoms with E-state index < -0.39 is 0 Å². The minimum Gasteiger partial charge on any atom is -0.494 e. The Morgan fingerprint density at radius 3 is 2.42 bits per heavy atom. The van der Waals surface area contributed by atoms with Crippen molar-refractivity contribution in [1.29, 1.82) is 0 Å². The zero-order valence-electron chi connectivity index (χ0n) is 15.7. The number of anilines is 1. The van der Waals surface area contributed by atoms with Crippen LogP contribution in [0.3, 0.4) is 0 Å². The Kier molecular flexibility index (Phi) is 5.46. The van der Waals surface area contributed by atoms with E-state index in [0.717, 1.165) is 35.1 Å². The molecular formula is C21H24N4O. The lowest BCUT2D eigenvalue weighted by atomic mass is 10.2. The molecule has 0 unspecified atom stereocenters. The van der Waals surface area contributed by atoms with E-state index in [4.69, 9.17) is 9.72 Å². The summed E-state index contributed by atoms with van der Waals surface area (Å²) in [5, 5.41) is 0. The minimum atomic E-state index is 0.655. The van der Waals surface area contributed by atoms with E-state index in [1.807, 2.05) is 51.2 Å². The van der Waals surface area contributed by atoms with Gasteiger partial charge in [0.2, 0.25) is 0 Å². The van der Waals surface area contributed by atoms with Crippen molar-refractivity contribution in [3.05, 3.63) is 65.5 Å². The van der Waals surface area contributed by atoms with Crippen molar-refractivity contribution in [2.24, 2.45) is 0 Å². The molecule has 0 spiro atoms. The summed E-state index contributed by atoms with van der Waals surface area (Å²) in [5.41, 5.74) is 4.03. The summed E-state index contributed by atoms with van der Waals surface area (Å²) in [5.74, 6) is 2.47. The van der Waals surface area contributed by atoms with Gasteiger partial charge < -0.3 is 9.64 Å². The molecule has 2 heterocycles. The monoisotopic (exact) mass is 348 g/mol. The summed E-state index contributed by atoms with van der Waals surface area (Å²) in [6, 6.07) is 14.0. The van der Waals surface area contributed by atoms with E-state index in [1.165, 1.54) is 5.56 Å². The third-order valence-corrected chi connectivity index (χ3v) is 4.27. The van der Waals surface area contributed by atoms with E-state index in [9.17, 15) is 0 Å². The first-order valence-electron chi connectivity index (χ1n) is 8.78. The van der Waals surface area contributed by atoms with Crippen molar-refractivity contribution in [2.45, 2.75) is 27.3 Å². The highest BCUT2D eigenvalue weighted by Gasteiger charge is 2.14. The molecule has 5 heteroatoms. The lowest BCUT2D eigenvalue weighted by molar-refractivity contribution is 0.340. The quantitative estimate of drug-likeness (QED) is 0.668. The highest BCUT2D eigenvalue weighted by atomic mass is 16.5. The molecule has 5 nitrogen and oxygen atoms in total. The minimum absolute atomic E-state index is 0.655. The van der Waals surface area contributed by atoms with Crippen LogP contribution < -0.4 is 9.64 Å². The van der Waals surface area contributed by atoms with Crippen LogP contribution in [0.15, 0.2) is 48.7 Å². The van der Waals surface area contributed by atoms with E-state index in [2.05, 4.69) is 33.9 Å². The molecule has 0 saturated heterocycles. The van der Waals surface area contributed by atoms with Crippen LogP contribution in [-0.4, -0.2) is 28.6 Å². The maximum Gasteiger partial charge on any atom is 0.180 e. The van der Waals surface area contributed by atoms with Crippen LogP contribution in [0.1, 0.15) is 23.7 Å². The molecular weight excluding hydrogens is 324 g/mol. The van der Waals surface area contributed by atoms with Crippen LogP contribution in [0.4, 0.5) is 5.82 Å².